The maximum Gasteiger partial charge on any atom is 0.270 e. The van der Waals surface area contributed by atoms with Gasteiger partial charge in [-0.25, -0.2) is 9.97 Å². The van der Waals surface area contributed by atoms with Crippen molar-refractivity contribution in [2.45, 2.75) is 37.8 Å². The van der Waals surface area contributed by atoms with E-state index >= 15 is 0 Å². The van der Waals surface area contributed by atoms with Gasteiger partial charge in [-0.15, -0.1) is 0 Å². The van der Waals surface area contributed by atoms with E-state index in [1.165, 1.54) is 0 Å². The highest BCUT2D eigenvalue weighted by Crippen LogP contribution is 2.21. The van der Waals surface area contributed by atoms with Gasteiger partial charge < -0.3 is 15.4 Å². The Morgan fingerprint density at radius 1 is 1.29 bits per heavy atom. The van der Waals surface area contributed by atoms with Crippen LogP contribution in [0.5, 0.6) is 0 Å². The highest BCUT2D eigenvalue weighted by Gasteiger charge is 2.23. The first-order valence-corrected chi connectivity index (χ1v) is 8.08. The van der Waals surface area contributed by atoms with Gasteiger partial charge in [-0.1, -0.05) is 0 Å². The zero-order valence-electron chi connectivity index (χ0n) is 13.9. The van der Waals surface area contributed by atoms with Crippen LogP contribution in [0.25, 0.3) is 5.82 Å². The fraction of sp³-hybridized carbons (Fsp3) is 0.500. The zero-order chi connectivity index (χ0) is 16.9. The van der Waals surface area contributed by atoms with E-state index in [0.29, 0.717) is 23.6 Å². The largest absolute Gasteiger partial charge is 0.381 e. The normalized spacial score (nSPS) is 20.6. The van der Waals surface area contributed by atoms with Crippen molar-refractivity contribution >= 4 is 11.9 Å². The number of amides is 1. The summed E-state index contributed by atoms with van der Waals surface area (Å²) in [5, 5.41) is 5.96. The van der Waals surface area contributed by atoms with E-state index in [4.69, 9.17) is 4.74 Å². The summed E-state index contributed by atoms with van der Waals surface area (Å²) in [4.78, 5) is 25.2. The zero-order valence-corrected chi connectivity index (χ0v) is 13.9. The Kier molecular flexibility index (Phi) is 5.05. The molecule has 0 bridgehead atoms. The Morgan fingerprint density at radius 3 is 2.71 bits per heavy atom. The number of aromatic nitrogens is 4. The number of methoxy groups -OCH3 is 1. The number of anilines is 1. The van der Waals surface area contributed by atoms with Gasteiger partial charge in [0.25, 0.3) is 5.91 Å². The third-order valence-corrected chi connectivity index (χ3v) is 4.28. The molecule has 1 aliphatic rings. The van der Waals surface area contributed by atoms with Gasteiger partial charge >= 0.3 is 0 Å². The van der Waals surface area contributed by atoms with Crippen molar-refractivity contribution < 1.29 is 9.53 Å². The molecule has 0 atom stereocenters. The highest BCUT2D eigenvalue weighted by atomic mass is 16.5. The standard InChI is InChI=1S/C16H22N6O2/c1-17-16-20-13(9-14(21-16)22-8-7-18-10-22)15(23)19-11-3-5-12(24-2)6-4-11/h7-12H,3-6H2,1-2H3,(H,19,23)(H,17,20,21). The molecular formula is C16H22N6O2. The molecule has 2 aromatic rings. The molecule has 1 amide bonds. The molecule has 8 nitrogen and oxygen atoms in total. The number of hydrogen-bond donors (Lipinski definition) is 2. The lowest BCUT2D eigenvalue weighted by Gasteiger charge is -2.28. The molecule has 0 aliphatic heterocycles. The smallest absolute Gasteiger partial charge is 0.270 e. The van der Waals surface area contributed by atoms with E-state index in [9.17, 15) is 4.79 Å². The lowest BCUT2D eigenvalue weighted by atomic mass is 9.93. The van der Waals surface area contributed by atoms with E-state index in [1.807, 2.05) is 0 Å². The Labute approximate surface area is 140 Å². The van der Waals surface area contributed by atoms with Crippen LogP contribution in [0.1, 0.15) is 36.2 Å². The predicted molar refractivity (Wildman–Crippen MR) is 89.2 cm³/mol. The van der Waals surface area contributed by atoms with E-state index < -0.39 is 0 Å². The van der Waals surface area contributed by atoms with Crippen LogP contribution in [0.15, 0.2) is 24.8 Å². The minimum atomic E-state index is -0.184. The third-order valence-electron chi connectivity index (χ3n) is 4.28. The van der Waals surface area contributed by atoms with Gasteiger partial charge in [0.1, 0.15) is 17.8 Å². The topological polar surface area (TPSA) is 94.0 Å². The van der Waals surface area contributed by atoms with Crippen molar-refractivity contribution in [2.75, 3.05) is 19.5 Å². The summed E-state index contributed by atoms with van der Waals surface area (Å²) in [5.74, 6) is 0.811. The van der Waals surface area contributed by atoms with Crippen LogP contribution in [-0.4, -0.2) is 51.7 Å². The number of nitrogens with one attached hydrogen (secondary N) is 2. The second-order valence-electron chi connectivity index (χ2n) is 5.84. The number of ether oxygens (including phenoxy) is 1. The van der Waals surface area contributed by atoms with Crippen LogP contribution in [0.2, 0.25) is 0 Å². The molecule has 1 fully saturated rings. The summed E-state index contributed by atoms with van der Waals surface area (Å²) in [6, 6.07) is 1.83. The molecule has 128 valence electrons. The van der Waals surface area contributed by atoms with Crippen LogP contribution in [0.3, 0.4) is 0 Å². The average molecular weight is 330 g/mol. The molecule has 3 rings (SSSR count). The number of rotatable bonds is 5. The van der Waals surface area contributed by atoms with E-state index in [1.54, 1.807) is 43.5 Å². The molecule has 2 aromatic heterocycles. The van der Waals surface area contributed by atoms with Gasteiger partial charge in [0.2, 0.25) is 5.95 Å². The molecule has 24 heavy (non-hydrogen) atoms. The molecule has 1 aliphatic carbocycles. The van der Waals surface area contributed by atoms with Gasteiger partial charge in [-0.05, 0) is 25.7 Å². The van der Waals surface area contributed by atoms with Crippen LogP contribution in [-0.2, 0) is 4.74 Å². The quantitative estimate of drug-likeness (QED) is 0.860. The summed E-state index contributed by atoms with van der Waals surface area (Å²) >= 11 is 0. The van der Waals surface area contributed by atoms with Crippen molar-refractivity contribution in [1.29, 1.82) is 0 Å². The first-order chi connectivity index (χ1) is 11.7. The van der Waals surface area contributed by atoms with Gasteiger partial charge in [0.15, 0.2) is 0 Å². The lowest BCUT2D eigenvalue weighted by molar-refractivity contribution is 0.0598. The van der Waals surface area contributed by atoms with E-state index in [0.717, 1.165) is 25.7 Å². The highest BCUT2D eigenvalue weighted by molar-refractivity contribution is 5.93. The van der Waals surface area contributed by atoms with Crippen LogP contribution in [0.4, 0.5) is 5.95 Å². The Bertz CT molecular complexity index is 680. The number of hydrogen-bond acceptors (Lipinski definition) is 6. The second kappa shape index (κ2) is 7.39. The molecular weight excluding hydrogens is 308 g/mol. The molecule has 8 heteroatoms. The van der Waals surface area contributed by atoms with E-state index in [-0.39, 0.29) is 11.9 Å². The van der Waals surface area contributed by atoms with E-state index in [2.05, 4.69) is 25.6 Å². The van der Waals surface area contributed by atoms with Crippen molar-refractivity contribution in [2.24, 2.45) is 0 Å². The fourth-order valence-corrected chi connectivity index (χ4v) is 2.89. The Balaban J connectivity index is 1.73. The lowest BCUT2D eigenvalue weighted by Crippen LogP contribution is -2.39. The molecule has 2 heterocycles. The van der Waals surface area contributed by atoms with Crippen molar-refractivity contribution in [1.82, 2.24) is 24.8 Å². The summed E-state index contributed by atoms with van der Waals surface area (Å²) in [6.45, 7) is 0. The molecule has 0 aromatic carbocycles. The van der Waals surface area contributed by atoms with Gasteiger partial charge in [0, 0.05) is 38.7 Å². The number of carbonyl (C=O) groups is 1. The molecule has 2 N–H and O–H groups in total. The van der Waals surface area contributed by atoms with Crippen LogP contribution >= 0.6 is 0 Å². The van der Waals surface area contributed by atoms with Gasteiger partial charge in [-0.2, -0.15) is 4.98 Å². The van der Waals surface area contributed by atoms with Gasteiger partial charge in [-0.3, -0.25) is 9.36 Å². The SMILES string of the molecule is CNc1nc(C(=O)NC2CCC(OC)CC2)cc(-n2ccnc2)n1. The molecule has 0 saturated heterocycles. The van der Waals surface area contributed by atoms with Gasteiger partial charge in [0.05, 0.1) is 6.10 Å². The molecule has 1 saturated carbocycles. The number of imidazole rings is 1. The van der Waals surface area contributed by atoms with Crippen LogP contribution < -0.4 is 10.6 Å². The van der Waals surface area contributed by atoms with Crippen LogP contribution in [0, 0.1) is 0 Å². The summed E-state index contributed by atoms with van der Waals surface area (Å²) in [5.41, 5.74) is 0.340. The summed E-state index contributed by atoms with van der Waals surface area (Å²) < 4.78 is 7.11. The number of carbonyl (C=O) groups excluding carboxylic acids is 1. The maximum absolute atomic E-state index is 12.6. The minimum Gasteiger partial charge on any atom is -0.381 e. The Hall–Kier alpha value is -2.48. The molecule has 0 radical (unpaired) electrons. The maximum atomic E-state index is 12.6. The Morgan fingerprint density at radius 2 is 2.08 bits per heavy atom. The van der Waals surface area contributed by atoms with Crippen molar-refractivity contribution in [3.05, 3.63) is 30.5 Å². The molecule has 0 spiro atoms. The molecule has 0 unspecified atom stereocenters. The van der Waals surface area contributed by atoms with Crippen molar-refractivity contribution in [3.63, 3.8) is 0 Å². The summed E-state index contributed by atoms with van der Waals surface area (Å²) in [6.07, 6.45) is 9.15. The van der Waals surface area contributed by atoms with Crippen molar-refractivity contribution in [3.8, 4) is 5.82 Å². The first kappa shape index (κ1) is 16.4. The fourth-order valence-electron chi connectivity index (χ4n) is 2.89. The predicted octanol–water partition coefficient (Wildman–Crippen LogP) is 1.39. The monoisotopic (exact) mass is 330 g/mol. The third kappa shape index (κ3) is 3.70. The summed E-state index contributed by atoms with van der Waals surface area (Å²) in [7, 11) is 3.46. The average Bonchev–Trinajstić information content (AvgIpc) is 3.16. The number of nitrogens with zero attached hydrogens (tertiary/aromatic N) is 4. The second-order valence-corrected chi connectivity index (χ2v) is 5.84. The minimum absolute atomic E-state index is 0.161. The first-order valence-electron chi connectivity index (χ1n) is 8.08.